The number of ether oxygens (including phenoxy) is 2. The van der Waals surface area contributed by atoms with Crippen molar-refractivity contribution in [1.82, 2.24) is 0 Å². The molecule has 1 aromatic rings. The van der Waals surface area contributed by atoms with E-state index in [9.17, 15) is 4.79 Å². The normalized spacial score (nSPS) is 11.6. The first-order chi connectivity index (χ1) is 8.90. The molecule has 4 nitrogen and oxygen atoms in total. The number of rotatable bonds is 5. The van der Waals surface area contributed by atoms with Gasteiger partial charge in [0.05, 0.1) is 6.61 Å². The summed E-state index contributed by atoms with van der Waals surface area (Å²) in [6.07, 6.45) is 3.41. The zero-order valence-corrected chi connectivity index (χ0v) is 11.6. The van der Waals surface area contributed by atoms with Crippen molar-refractivity contribution in [3.8, 4) is 5.75 Å². The average Bonchev–Trinajstić information content (AvgIpc) is 2.32. The molecule has 0 aliphatic rings. The quantitative estimate of drug-likeness (QED) is 0.830. The summed E-state index contributed by atoms with van der Waals surface area (Å²) >= 11 is 0. The van der Waals surface area contributed by atoms with E-state index in [0.717, 1.165) is 5.56 Å². The number of carbonyl (C=O) groups excluding carboxylic acids is 1. The van der Waals surface area contributed by atoms with Gasteiger partial charge < -0.3 is 14.6 Å². The number of carbonyl (C=O) groups is 1. The van der Waals surface area contributed by atoms with Gasteiger partial charge in [-0.05, 0) is 38.5 Å². The van der Waals surface area contributed by atoms with Gasteiger partial charge in [-0.3, -0.25) is 0 Å². The minimum atomic E-state index is -0.508. The monoisotopic (exact) mass is 264 g/mol. The van der Waals surface area contributed by atoms with E-state index in [-0.39, 0.29) is 13.2 Å². The summed E-state index contributed by atoms with van der Waals surface area (Å²) in [5.41, 5.74) is 0.391. The van der Waals surface area contributed by atoms with Crippen molar-refractivity contribution in [2.24, 2.45) is 0 Å². The Morgan fingerprint density at radius 3 is 2.74 bits per heavy atom. The van der Waals surface area contributed by atoms with Crippen LogP contribution >= 0.6 is 0 Å². The van der Waals surface area contributed by atoms with Gasteiger partial charge in [0.2, 0.25) is 0 Å². The lowest BCUT2D eigenvalue weighted by molar-refractivity contribution is -0.157. The van der Waals surface area contributed by atoms with Crippen molar-refractivity contribution in [3.05, 3.63) is 35.9 Å². The summed E-state index contributed by atoms with van der Waals surface area (Å²) in [4.78, 5) is 11.5. The first kappa shape index (κ1) is 15.2. The van der Waals surface area contributed by atoms with Gasteiger partial charge in [-0.1, -0.05) is 24.3 Å². The molecule has 1 rings (SSSR count). The van der Waals surface area contributed by atoms with Gasteiger partial charge >= 0.3 is 5.97 Å². The Morgan fingerprint density at radius 1 is 1.37 bits per heavy atom. The Morgan fingerprint density at radius 2 is 2.11 bits per heavy atom. The van der Waals surface area contributed by atoms with Gasteiger partial charge in [-0.25, -0.2) is 4.79 Å². The van der Waals surface area contributed by atoms with Crippen molar-refractivity contribution in [2.45, 2.75) is 26.4 Å². The van der Waals surface area contributed by atoms with Gasteiger partial charge in [0, 0.05) is 0 Å². The number of benzene rings is 1. The van der Waals surface area contributed by atoms with Crippen molar-refractivity contribution in [1.29, 1.82) is 0 Å². The molecule has 0 atom stereocenters. The van der Waals surface area contributed by atoms with Crippen LogP contribution in [0.15, 0.2) is 30.3 Å². The number of aliphatic hydroxyl groups excluding tert-OH is 1. The second kappa shape index (κ2) is 6.95. The van der Waals surface area contributed by atoms with E-state index in [4.69, 9.17) is 14.6 Å². The van der Waals surface area contributed by atoms with E-state index in [1.165, 1.54) is 0 Å². The first-order valence-corrected chi connectivity index (χ1v) is 6.13. The van der Waals surface area contributed by atoms with Crippen LogP contribution in [0, 0.1) is 0 Å². The van der Waals surface area contributed by atoms with Gasteiger partial charge in [-0.15, -0.1) is 0 Å². The van der Waals surface area contributed by atoms with Crippen molar-refractivity contribution in [3.63, 3.8) is 0 Å². The van der Waals surface area contributed by atoms with Crippen LogP contribution < -0.4 is 4.74 Å². The van der Waals surface area contributed by atoms with Crippen LogP contribution in [0.4, 0.5) is 0 Å². The minimum Gasteiger partial charge on any atom is -0.482 e. The molecule has 0 unspecified atom stereocenters. The molecule has 19 heavy (non-hydrogen) atoms. The zero-order chi connectivity index (χ0) is 14.3. The fraction of sp³-hybridized carbons (Fsp3) is 0.400. The predicted octanol–water partition coefficient (Wildman–Crippen LogP) is 2.41. The Balaban J connectivity index is 2.54. The highest BCUT2D eigenvalue weighted by Gasteiger charge is 2.16. The molecule has 0 saturated heterocycles. The van der Waals surface area contributed by atoms with Crippen LogP contribution in [0.25, 0.3) is 6.08 Å². The highest BCUT2D eigenvalue weighted by molar-refractivity contribution is 5.71. The lowest BCUT2D eigenvalue weighted by Gasteiger charge is -2.19. The third-order valence-corrected chi connectivity index (χ3v) is 2.05. The average molecular weight is 264 g/mol. The van der Waals surface area contributed by atoms with Crippen molar-refractivity contribution >= 4 is 12.0 Å². The Kier molecular flexibility index (Phi) is 5.57. The molecule has 0 aliphatic heterocycles. The molecule has 0 aliphatic carbocycles. The summed E-state index contributed by atoms with van der Waals surface area (Å²) in [6.45, 7) is 5.30. The number of esters is 1. The molecule has 0 radical (unpaired) electrons. The molecule has 104 valence electrons. The predicted molar refractivity (Wildman–Crippen MR) is 73.9 cm³/mol. The van der Waals surface area contributed by atoms with Gasteiger partial charge in [-0.2, -0.15) is 0 Å². The van der Waals surface area contributed by atoms with Crippen LogP contribution in [0.3, 0.4) is 0 Å². The number of hydrogen-bond acceptors (Lipinski definition) is 4. The standard InChI is InChI=1S/C15H20O4/c1-15(2,3)19-14(17)11-18-13-8-4-6-12(10-13)7-5-9-16/h4-8,10,16H,9,11H2,1-3H3/b7-5-. The van der Waals surface area contributed by atoms with Crippen molar-refractivity contribution in [2.75, 3.05) is 13.2 Å². The molecular weight excluding hydrogens is 244 g/mol. The SMILES string of the molecule is CC(C)(C)OC(=O)COc1cccc(/C=C\CO)c1. The third kappa shape index (κ3) is 6.62. The Bertz CT molecular complexity index is 444. The smallest absolute Gasteiger partial charge is 0.344 e. The maximum absolute atomic E-state index is 11.5. The van der Waals surface area contributed by atoms with E-state index >= 15 is 0 Å². The summed E-state index contributed by atoms with van der Waals surface area (Å²) in [7, 11) is 0. The molecule has 0 saturated carbocycles. The Labute approximate surface area is 113 Å². The first-order valence-electron chi connectivity index (χ1n) is 6.13. The molecule has 4 heteroatoms. The molecule has 1 aromatic carbocycles. The van der Waals surface area contributed by atoms with E-state index in [0.29, 0.717) is 5.75 Å². The van der Waals surface area contributed by atoms with Gasteiger partial charge in [0.1, 0.15) is 11.4 Å². The van der Waals surface area contributed by atoms with Crippen LogP contribution in [0.5, 0.6) is 5.75 Å². The third-order valence-electron chi connectivity index (χ3n) is 2.05. The zero-order valence-electron chi connectivity index (χ0n) is 11.6. The Hall–Kier alpha value is -1.81. The molecule has 1 N–H and O–H groups in total. The highest BCUT2D eigenvalue weighted by atomic mass is 16.6. The molecule has 0 fully saturated rings. The molecule has 0 spiro atoms. The molecular formula is C15H20O4. The highest BCUT2D eigenvalue weighted by Crippen LogP contribution is 2.15. The lowest BCUT2D eigenvalue weighted by Crippen LogP contribution is -2.27. The van der Waals surface area contributed by atoms with E-state index in [2.05, 4.69) is 0 Å². The summed E-state index contributed by atoms with van der Waals surface area (Å²) in [5, 5.41) is 8.70. The summed E-state index contributed by atoms with van der Waals surface area (Å²) in [6, 6.07) is 7.26. The topological polar surface area (TPSA) is 55.8 Å². The number of aliphatic hydroxyl groups is 1. The summed E-state index contributed by atoms with van der Waals surface area (Å²) < 4.78 is 10.5. The van der Waals surface area contributed by atoms with E-state index in [1.807, 2.05) is 32.9 Å². The minimum absolute atomic E-state index is 0.0109. The fourth-order valence-electron chi connectivity index (χ4n) is 1.41. The molecule has 0 aromatic heterocycles. The molecule has 0 bridgehead atoms. The van der Waals surface area contributed by atoms with Crippen LogP contribution in [0.2, 0.25) is 0 Å². The van der Waals surface area contributed by atoms with Crippen LogP contribution in [-0.2, 0) is 9.53 Å². The van der Waals surface area contributed by atoms with E-state index < -0.39 is 11.6 Å². The maximum Gasteiger partial charge on any atom is 0.344 e. The van der Waals surface area contributed by atoms with Gasteiger partial charge in [0.15, 0.2) is 6.61 Å². The maximum atomic E-state index is 11.5. The largest absolute Gasteiger partial charge is 0.482 e. The van der Waals surface area contributed by atoms with Gasteiger partial charge in [0.25, 0.3) is 0 Å². The van der Waals surface area contributed by atoms with Crippen molar-refractivity contribution < 1.29 is 19.4 Å². The molecule has 0 amide bonds. The van der Waals surface area contributed by atoms with Crippen LogP contribution in [0.1, 0.15) is 26.3 Å². The second-order valence-corrected chi connectivity index (χ2v) is 5.03. The lowest BCUT2D eigenvalue weighted by atomic mass is 10.2. The van der Waals surface area contributed by atoms with Crippen LogP contribution in [-0.4, -0.2) is 29.9 Å². The second-order valence-electron chi connectivity index (χ2n) is 5.03. The fourth-order valence-corrected chi connectivity index (χ4v) is 1.41. The van der Waals surface area contributed by atoms with E-state index in [1.54, 1.807) is 24.3 Å². The summed E-state index contributed by atoms with van der Waals surface area (Å²) in [5.74, 6) is 0.190. The number of hydrogen-bond donors (Lipinski definition) is 1. The molecule has 0 heterocycles.